The molecule has 6 aromatic rings. The summed E-state index contributed by atoms with van der Waals surface area (Å²) in [5.74, 6) is 0.979. The van der Waals surface area contributed by atoms with Crippen LogP contribution in [0.4, 0.5) is 0 Å². The first-order valence-electron chi connectivity index (χ1n) is 13.4. The van der Waals surface area contributed by atoms with E-state index in [4.69, 9.17) is 26.3 Å². The van der Waals surface area contributed by atoms with Crippen LogP contribution in [-0.2, 0) is 6.54 Å². The molecule has 0 saturated heterocycles. The van der Waals surface area contributed by atoms with E-state index >= 15 is 0 Å². The van der Waals surface area contributed by atoms with Crippen molar-refractivity contribution in [2.75, 3.05) is 7.11 Å². The molecular formula is C34H28ClN3O3. The standard InChI is InChI=1S/C34H28ClN3O3/c1-20(2)19-38-32-15-8-24(34(39)40)17-31(32)37-33(38)23-7-13-29-22(16-23)6-14-30(36-29)28-18-26(41-3)11-12-27(28)21-4-9-25(35)10-5-21/h4-18,20H,19H2,1-3H3,(H,39,40). The van der Waals surface area contributed by atoms with E-state index in [1.165, 1.54) is 0 Å². The summed E-state index contributed by atoms with van der Waals surface area (Å²) in [6, 6.07) is 29.1. The molecule has 0 saturated carbocycles. The van der Waals surface area contributed by atoms with Crippen LogP contribution in [0.5, 0.6) is 5.75 Å². The summed E-state index contributed by atoms with van der Waals surface area (Å²) >= 11 is 6.14. The Labute approximate surface area is 242 Å². The minimum atomic E-state index is -0.963. The predicted molar refractivity (Wildman–Crippen MR) is 165 cm³/mol. The Morgan fingerprint density at radius 3 is 2.37 bits per heavy atom. The summed E-state index contributed by atoms with van der Waals surface area (Å²) in [7, 11) is 1.66. The fourth-order valence-corrected chi connectivity index (χ4v) is 5.32. The quantitative estimate of drug-likeness (QED) is 0.211. The fourth-order valence-electron chi connectivity index (χ4n) is 5.19. The molecule has 0 fully saturated rings. The number of fused-ring (bicyclic) bond motifs is 2. The van der Waals surface area contributed by atoms with Crippen molar-refractivity contribution >= 4 is 39.5 Å². The van der Waals surface area contributed by atoms with Crippen LogP contribution in [0.1, 0.15) is 24.2 Å². The van der Waals surface area contributed by atoms with Gasteiger partial charge in [-0.2, -0.15) is 0 Å². The van der Waals surface area contributed by atoms with Gasteiger partial charge in [-0.3, -0.25) is 0 Å². The monoisotopic (exact) mass is 561 g/mol. The third-order valence-corrected chi connectivity index (χ3v) is 7.40. The molecule has 0 unspecified atom stereocenters. The van der Waals surface area contributed by atoms with Gasteiger partial charge < -0.3 is 14.4 Å². The van der Waals surface area contributed by atoms with Crippen LogP contribution >= 0.6 is 11.6 Å². The second-order valence-corrected chi connectivity index (χ2v) is 10.9. The number of rotatable bonds is 7. The number of pyridine rings is 1. The van der Waals surface area contributed by atoms with Gasteiger partial charge in [-0.05, 0) is 83.8 Å². The van der Waals surface area contributed by atoms with Gasteiger partial charge in [0, 0.05) is 28.1 Å². The summed E-state index contributed by atoms with van der Waals surface area (Å²) in [6.07, 6.45) is 0. The molecule has 0 radical (unpaired) electrons. The zero-order valence-electron chi connectivity index (χ0n) is 22.9. The van der Waals surface area contributed by atoms with E-state index in [1.54, 1.807) is 19.2 Å². The number of hydrogen-bond donors (Lipinski definition) is 1. The molecule has 7 heteroatoms. The molecule has 204 valence electrons. The highest BCUT2D eigenvalue weighted by Crippen LogP contribution is 2.36. The van der Waals surface area contributed by atoms with E-state index in [0.717, 1.165) is 62.5 Å². The van der Waals surface area contributed by atoms with Gasteiger partial charge in [-0.25, -0.2) is 14.8 Å². The Morgan fingerprint density at radius 1 is 0.854 bits per heavy atom. The Bertz CT molecular complexity index is 1930. The van der Waals surface area contributed by atoms with Crippen molar-refractivity contribution in [2.45, 2.75) is 20.4 Å². The van der Waals surface area contributed by atoms with Gasteiger partial charge in [0.05, 0.1) is 34.9 Å². The maximum atomic E-state index is 11.6. The van der Waals surface area contributed by atoms with Crippen molar-refractivity contribution in [1.29, 1.82) is 0 Å². The molecule has 0 aliphatic heterocycles. The fraction of sp³-hybridized carbons (Fsp3) is 0.147. The highest BCUT2D eigenvalue weighted by molar-refractivity contribution is 6.30. The third-order valence-electron chi connectivity index (χ3n) is 7.15. The molecule has 2 heterocycles. The molecule has 6 nitrogen and oxygen atoms in total. The first kappa shape index (κ1) is 26.5. The number of ether oxygens (including phenoxy) is 1. The van der Waals surface area contributed by atoms with Crippen molar-refractivity contribution in [2.24, 2.45) is 5.92 Å². The van der Waals surface area contributed by atoms with Gasteiger partial charge in [0.25, 0.3) is 0 Å². The zero-order valence-corrected chi connectivity index (χ0v) is 23.7. The molecule has 0 aliphatic carbocycles. The lowest BCUT2D eigenvalue weighted by atomic mass is 9.96. The first-order valence-corrected chi connectivity index (χ1v) is 13.8. The lowest BCUT2D eigenvalue weighted by Crippen LogP contribution is -2.06. The van der Waals surface area contributed by atoms with Crippen molar-refractivity contribution in [3.63, 3.8) is 0 Å². The smallest absolute Gasteiger partial charge is 0.335 e. The topological polar surface area (TPSA) is 77.2 Å². The minimum Gasteiger partial charge on any atom is -0.497 e. The van der Waals surface area contributed by atoms with E-state index < -0.39 is 5.97 Å². The van der Waals surface area contributed by atoms with Crippen molar-refractivity contribution in [1.82, 2.24) is 14.5 Å². The molecule has 4 aromatic carbocycles. The van der Waals surface area contributed by atoms with E-state index in [2.05, 4.69) is 30.5 Å². The summed E-state index contributed by atoms with van der Waals surface area (Å²) in [5, 5.41) is 11.1. The lowest BCUT2D eigenvalue weighted by Gasteiger charge is -2.14. The van der Waals surface area contributed by atoms with Crippen molar-refractivity contribution in [3.05, 3.63) is 102 Å². The normalized spacial score (nSPS) is 11.4. The van der Waals surface area contributed by atoms with Gasteiger partial charge in [0.15, 0.2) is 0 Å². The second kappa shape index (κ2) is 10.7. The number of carboxylic acid groups (broad SMARTS) is 1. The van der Waals surface area contributed by atoms with Crippen LogP contribution in [0, 0.1) is 5.92 Å². The molecule has 41 heavy (non-hydrogen) atoms. The highest BCUT2D eigenvalue weighted by Gasteiger charge is 2.17. The van der Waals surface area contributed by atoms with E-state index in [0.29, 0.717) is 16.5 Å². The summed E-state index contributed by atoms with van der Waals surface area (Å²) in [6.45, 7) is 5.07. The molecule has 0 atom stereocenters. The Morgan fingerprint density at radius 2 is 1.63 bits per heavy atom. The maximum Gasteiger partial charge on any atom is 0.335 e. The average molecular weight is 562 g/mol. The van der Waals surface area contributed by atoms with Crippen LogP contribution in [-0.4, -0.2) is 32.7 Å². The van der Waals surface area contributed by atoms with Gasteiger partial charge in [-0.15, -0.1) is 0 Å². The Balaban J connectivity index is 1.45. The van der Waals surface area contributed by atoms with E-state index in [-0.39, 0.29) is 5.56 Å². The summed E-state index contributed by atoms with van der Waals surface area (Å²) in [5.41, 5.74) is 7.49. The predicted octanol–water partition coefficient (Wildman–Crippen LogP) is 8.60. The number of carbonyl (C=O) groups is 1. The first-order chi connectivity index (χ1) is 19.8. The number of aromatic nitrogens is 3. The van der Waals surface area contributed by atoms with Gasteiger partial charge >= 0.3 is 5.97 Å². The largest absolute Gasteiger partial charge is 0.497 e. The molecule has 1 N–H and O–H groups in total. The summed E-state index contributed by atoms with van der Waals surface area (Å²) < 4.78 is 7.70. The molecule has 0 bridgehead atoms. The molecule has 2 aromatic heterocycles. The van der Waals surface area contributed by atoms with E-state index in [9.17, 15) is 9.90 Å². The average Bonchev–Trinajstić information content (AvgIpc) is 3.33. The van der Waals surface area contributed by atoms with Gasteiger partial charge in [0.1, 0.15) is 11.6 Å². The molecule has 0 amide bonds. The number of nitrogens with zero attached hydrogens (tertiary/aromatic N) is 3. The number of halogens is 1. The maximum absolute atomic E-state index is 11.6. The minimum absolute atomic E-state index is 0.226. The van der Waals surface area contributed by atoms with Gasteiger partial charge in [0.2, 0.25) is 0 Å². The van der Waals surface area contributed by atoms with Crippen molar-refractivity contribution < 1.29 is 14.6 Å². The molecule has 0 spiro atoms. The van der Waals surface area contributed by atoms with Crippen LogP contribution < -0.4 is 4.74 Å². The third kappa shape index (κ3) is 5.14. The number of carboxylic acids is 1. The van der Waals surface area contributed by atoms with Crippen molar-refractivity contribution in [3.8, 4) is 39.5 Å². The van der Waals surface area contributed by atoms with Crippen LogP contribution in [0.25, 0.3) is 55.7 Å². The molecule has 6 rings (SSSR count). The number of imidazole rings is 1. The summed E-state index contributed by atoms with van der Waals surface area (Å²) in [4.78, 5) is 21.5. The van der Waals surface area contributed by atoms with Crippen LogP contribution in [0.3, 0.4) is 0 Å². The second-order valence-electron chi connectivity index (χ2n) is 10.5. The molecule has 0 aliphatic rings. The van der Waals surface area contributed by atoms with Crippen LogP contribution in [0.2, 0.25) is 5.02 Å². The van der Waals surface area contributed by atoms with Crippen LogP contribution in [0.15, 0.2) is 91.0 Å². The highest BCUT2D eigenvalue weighted by atomic mass is 35.5. The number of aromatic carboxylic acids is 1. The van der Waals surface area contributed by atoms with Gasteiger partial charge in [-0.1, -0.05) is 49.7 Å². The van der Waals surface area contributed by atoms with E-state index in [1.807, 2.05) is 66.7 Å². The SMILES string of the molecule is COc1ccc(-c2ccc(Cl)cc2)c(-c2ccc3cc(-c4nc5cc(C(=O)O)ccc5n4CC(C)C)ccc3n2)c1. The lowest BCUT2D eigenvalue weighted by molar-refractivity contribution is 0.0697. The Kier molecular flexibility index (Phi) is 6.93. The number of methoxy groups -OCH3 is 1. The Hall–Kier alpha value is -4.68. The molecular weight excluding hydrogens is 534 g/mol. The number of hydrogen-bond acceptors (Lipinski definition) is 4. The zero-order chi connectivity index (χ0) is 28.7. The number of benzene rings is 4.